The van der Waals surface area contributed by atoms with E-state index in [0.29, 0.717) is 12.1 Å². The molecule has 0 aliphatic carbocycles. The molecule has 0 bridgehead atoms. The van der Waals surface area contributed by atoms with Gasteiger partial charge in [-0.3, -0.25) is 9.48 Å². The molecule has 0 aliphatic heterocycles. The zero-order valence-electron chi connectivity index (χ0n) is 14.8. The van der Waals surface area contributed by atoms with Gasteiger partial charge in [-0.2, -0.15) is 5.10 Å². The Hall–Kier alpha value is -3.03. The van der Waals surface area contributed by atoms with E-state index in [9.17, 15) is 4.79 Å². The number of tetrazole rings is 1. The summed E-state index contributed by atoms with van der Waals surface area (Å²) in [6.07, 6.45) is 0.819. The van der Waals surface area contributed by atoms with E-state index in [-0.39, 0.29) is 5.91 Å². The Bertz CT molecular complexity index is 892. The summed E-state index contributed by atoms with van der Waals surface area (Å²) in [7, 11) is 1.83. The number of benzene rings is 1. The van der Waals surface area contributed by atoms with E-state index in [0.717, 1.165) is 34.9 Å². The number of rotatable bonds is 5. The Morgan fingerprint density at radius 3 is 2.52 bits per heavy atom. The van der Waals surface area contributed by atoms with Crippen molar-refractivity contribution < 1.29 is 4.79 Å². The van der Waals surface area contributed by atoms with E-state index in [1.54, 1.807) is 21.5 Å². The minimum Gasteiger partial charge on any atom is -0.307 e. The summed E-state index contributed by atoms with van der Waals surface area (Å²) in [6, 6.07) is 7.43. The Kier molecular flexibility index (Phi) is 4.60. The number of hydrogen-bond acceptors (Lipinski definition) is 5. The number of nitrogens with zero attached hydrogens (tertiary/aromatic N) is 6. The highest BCUT2D eigenvalue weighted by Gasteiger charge is 2.15. The van der Waals surface area contributed by atoms with Crippen LogP contribution >= 0.6 is 0 Å². The highest BCUT2D eigenvalue weighted by molar-refractivity contribution is 6.04. The highest BCUT2D eigenvalue weighted by Crippen LogP contribution is 2.20. The zero-order valence-corrected chi connectivity index (χ0v) is 14.8. The van der Waals surface area contributed by atoms with Gasteiger partial charge in [0.15, 0.2) is 0 Å². The molecule has 3 aromatic rings. The van der Waals surface area contributed by atoms with Crippen LogP contribution in [0.2, 0.25) is 0 Å². The molecular formula is C17H21N7O. The second-order valence-corrected chi connectivity index (χ2v) is 5.92. The molecule has 8 nitrogen and oxygen atoms in total. The molecule has 0 saturated heterocycles. The van der Waals surface area contributed by atoms with Crippen molar-refractivity contribution >= 4 is 11.7 Å². The van der Waals surface area contributed by atoms with Crippen molar-refractivity contribution in [2.75, 3.05) is 5.32 Å². The number of amides is 1. The average Bonchev–Trinajstić information content (AvgIpc) is 3.11. The molecule has 0 radical (unpaired) electrons. The summed E-state index contributed by atoms with van der Waals surface area (Å²) in [5, 5.41) is 18.7. The molecule has 130 valence electrons. The second-order valence-electron chi connectivity index (χ2n) is 5.92. The molecule has 2 aromatic heterocycles. The highest BCUT2D eigenvalue weighted by atomic mass is 16.1. The summed E-state index contributed by atoms with van der Waals surface area (Å²) < 4.78 is 3.42. The van der Waals surface area contributed by atoms with Crippen LogP contribution in [0.25, 0.3) is 0 Å². The van der Waals surface area contributed by atoms with Gasteiger partial charge >= 0.3 is 0 Å². The van der Waals surface area contributed by atoms with Crippen molar-refractivity contribution in [2.45, 2.75) is 33.7 Å². The van der Waals surface area contributed by atoms with Crippen LogP contribution in [0.3, 0.4) is 0 Å². The van der Waals surface area contributed by atoms with Gasteiger partial charge in [0.05, 0.1) is 12.2 Å². The largest absolute Gasteiger partial charge is 0.307 e. The molecule has 1 aromatic carbocycles. The zero-order chi connectivity index (χ0) is 18.0. The summed E-state index contributed by atoms with van der Waals surface area (Å²) in [6.45, 7) is 6.42. The Morgan fingerprint density at radius 2 is 1.92 bits per heavy atom. The van der Waals surface area contributed by atoms with Gasteiger partial charge in [0.1, 0.15) is 11.6 Å². The first kappa shape index (κ1) is 16.8. The van der Waals surface area contributed by atoms with Crippen molar-refractivity contribution in [1.29, 1.82) is 0 Å². The SMILES string of the molecule is CCc1c(C)nn(C)c1NC(=O)c1ccc(Cn2nnnc2C)cc1. The van der Waals surface area contributed by atoms with Crippen molar-refractivity contribution in [3.63, 3.8) is 0 Å². The number of hydrogen-bond donors (Lipinski definition) is 1. The van der Waals surface area contributed by atoms with E-state index >= 15 is 0 Å². The smallest absolute Gasteiger partial charge is 0.256 e. The first-order valence-corrected chi connectivity index (χ1v) is 8.15. The normalized spacial score (nSPS) is 10.9. The molecular weight excluding hydrogens is 318 g/mol. The molecule has 0 aliphatic rings. The first-order chi connectivity index (χ1) is 12.0. The van der Waals surface area contributed by atoms with Gasteiger partial charge in [-0.1, -0.05) is 19.1 Å². The van der Waals surface area contributed by atoms with Crippen LogP contribution < -0.4 is 5.32 Å². The number of anilines is 1. The number of aromatic nitrogens is 6. The molecule has 0 fully saturated rings. The number of carbonyl (C=O) groups is 1. The lowest BCUT2D eigenvalue weighted by Crippen LogP contribution is -2.16. The van der Waals surface area contributed by atoms with Crippen LogP contribution in [0.15, 0.2) is 24.3 Å². The van der Waals surface area contributed by atoms with Gasteiger partial charge < -0.3 is 5.32 Å². The first-order valence-electron chi connectivity index (χ1n) is 8.15. The third-order valence-electron chi connectivity index (χ3n) is 4.19. The fourth-order valence-electron chi connectivity index (χ4n) is 2.79. The minimum atomic E-state index is -0.150. The Labute approximate surface area is 145 Å². The lowest BCUT2D eigenvalue weighted by Gasteiger charge is -2.09. The minimum absolute atomic E-state index is 0.150. The summed E-state index contributed by atoms with van der Waals surface area (Å²) in [5.74, 6) is 1.35. The summed E-state index contributed by atoms with van der Waals surface area (Å²) in [5.41, 5.74) is 3.62. The van der Waals surface area contributed by atoms with Gasteiger partial charge in [0.2, 0.25) is 0 Å². The quantitative estimate of drug-likeness (QED) is 0.766. The van der Waals surface area contributed by atoms with Crippen molar-refractivity contribution in [2.24, 2.45) is 7.05 Å². The molecule has 0 unspecified atom stereocenters. The third-order valence-corrected chi connectivity index (χ3v) is 4.19. The molecule has 0 atom stereocenters. The maximum Gasteiger partial charge on any atom is 0.256 e. The molecule has 0 spiro atoms. The molecule has 3 rings (SSSR count). The van der Waals surface area contributed by atoms with Gasteiger partial charge in [-0.05, 0) is 48.4 Å². The van der Waals surface area contributed by atoms with Crippen LogP contribution in [0.4, 0.5) is 5.82 Å². The fourth-order valence-corrected chi connectivity index (χ4v) is 2.79. The molecule has 8 heteroatoms. The molecule has 0 saturated carbocycles. The molecule has 1 N–H and O–H groups in total. The van der Waals surface area contributed by atoms with Gasteiger partial charge in [-0.15, -0.1) is 5.10 Å². The topological polar surface area (TPSA) is 90.5 Å². The van der Waals surface area contributed by atoms with Gasteiger partial charge in [0.25, 0.3) is 5.91 Å². The summed E-state index contributed by atoms with van der Waals surface area (Å²) >= 11 is 0. The fraction of sp³-hybridized carbons (Fsp3) is 0.353. The van der Waals surface area contributed by atoms with E-state index in [1.807, 2.05) is 33.0 Å². The lowest BCUT2D eigenvalue weighted by atomic mass is 10.1. The van der Waals surface area contributed by atoms with Gasteiger partial charge in [0, 0.05) is 18.2 Å². The number of carbonyl (C=O) groups excluding carboxylic acids is 1. The van der Waals surface area contributed by atoms with Crippen molar-refractivity contribution in [1.82, 2.24) is 30.0 Å². The standard InChI is InChI=1S/C17H21N7O/c1-5-15-11(2)20-23(4)16(15)18-17(25)14-8-6-13(7-9-14)10-24-12(3)19-21-22-24/h6-9H,5,10H2,1-4H3,(H,18,25). The van der Waals surface area contributed by atoms with Crippen molar-refractivity contribution in [3.05, 3.63) is 52.5 Å². The Morgan fingerprint density at radius 1 is 1.20 bits per heavy atom. The number of nitrogens with one attached hydrogen (secondary N) is 1. The maximum atomic E-state index is 12.5. The molecule has 25 heavy (non-hydrogen) atoms. The van der Waals surface area contributed by atoms with E-state index in [1.165, 1.54) is 0 Å². The second kappa shape index (κ2) is 6.84. The van der Waals surface area contributed by atoms with E-state index in [4.69, 9.17) is 0 Å². The number of aryl methyl sites for hydroxylation is 3. The van der Waals surface area contributed by atoms with E-state index in [2.05, 4.69) is 32.9 Å². The predicted molar refractivity (Wildman–Crippen MR) is 93.4 cm³/mol. The Balaban J connectivity index is 1.74. The van der Waals surface area contributed by atoms with E-state index < -0.39 is 0 Å². The van der Waals surface area contributed by atoms with Crippen LogP contribution in [0, 0.1) is 13.8 Å². The summed E-state index contributed by atoms with van der Waals surface area (Å²) in [4.78, 5) is 12.5. The predicted octanol–water partition coefficient (Wildman–Crippen LogP) is 1.89. The maximum absolute atomic E-state index is 12.5. The van der Waals surface area contributed by atoms with Crippen LogP contribution in [-0.2, 0) is 20.0 Å². The van der Waals surface area contributed by atoms with Crippen LogP contribution in [-0.4, -0.2) is 35.9 Å². The lowest BCUT2D eigenvalue weighted by molar-refractivity contribution is 0.102. The van der Waals surface area contributed by atoms with Crippen LogP contribution in [0.5, 0.6) is 0 Å². The average molecular weight is 339 g/mol. The van der Waals surface area contributed by atoms with Gasteiger partial charge in [-0.25, -0.2) is 4.68 Å². The van der Waals surface area contributed by atoms with Crippen molar-refractivity contribution in [3.8, 4) is 0 Å². The molecule has 2 heterocycles. The molecule has 1 amide bonds. The van der Waals surface area contributed by atoms with Crippen LogP contribution in [0.1, 0.15) is 39.9 Å². The monoisotopic (exact) mass is 339 g/mol. The third kappa shape index (κ3) is 3.42.